The molecule has 43 heavy (non-hydrogen) atoms. The van der Waals surface area contributed by atoms with Crippen LogP contribution in [-0.4, -0.2) is 121 Å². The van der Waals surface area contributed by atoms with Crippen molar-refractivity contribution in [1.82, 2.24) is 30.7 Å². The van der Waals surface area contributed by atoms with E-state index in [1.807, 2.05) is 0 Å². The van der Waals surface area contributed by atoms with E-state index in [1.54, 1.807) is 11.0 Å². The monoisotopic (exact) mass is 632 g/mol. The van der Waals surface area contributed by atoms with Crippen LogP contribution < -0.4 is 21.7 Å². The zero-order valence-electron chi connectivity index (χ0n) is 22.9. The van der Waals surface area contributed by atoms with Gasteiger partial charge in [0.15, 0.2) is 10.8 Å². The molecule has 6 rings (SSSR count). The van der Waals surface area contributed by atoms with E-state index in [1.165, 1.54) is 17.1 Å². The van der Waals surface area contributed by atoms with Crippen LogP contribution in [0.4, 0.5) is 5.13 Å². The molecule has 4 fully saturated rings. The van der Waals surface area contributed by atoms with Crippen LogP contribution in [-0.2, 0) is 19.2 Å². The smallest absolute Gasteiger partial charge is 0.352 e. The molecule has 17 heteroatoms. The van der Waals surface area contributed by atoms with E-state index < -0.39 is 47.1 Å². The van der Waals surface area contributed by atoms with Crippen LogP contribution >= 0.6 is 23.1 Å². The number of likely N-dealkylation sites (tertiary alicyclic amines) is 1. The number of nitrogens with two attached hydrogens (primary N) is 1. The molecule has 0 saturated carbocycles. The lowest BCUT2D eigenvalue weighted by Crippen LogP contribution is -2.71. The highest BCUT2D eigenvalue weighted by atomic mass is 32.2. The maximum Gasteiger partial charge on any atom is 0.352 e. The third-order valence-electron chi connectivity index (χ3n) is 8.54. The molecule has 5 aliphatic heterocycles. The summed E-state index contributed by atoms with van der Waals surface area (Å²) in [5.41, 5.74) is 5.67. The van der Waals surface area contributed by atoms with E-state index in [0.717, 1.165) is 48.6 Å². The number of amides is 3. The Hall–Kier alpha value is -3.51. The molecule has 1 aromatic rings. The van der Waals surface area contributed by atoms with E-state index >= 15 is 0 Å². The molecule has 0 spiro atoms. The summed E-state index contributed by atoms with van der Waals surface area (Å²) in [4.78, 5) is 59.0. The Labute approximate surface area is 254 Å². The number of rotatable bonds is 8. The first-order chi connectivity index (χ1) is 20.7. The molecule has 0 bridgehead atoms. The van der Waals surface area contributed by atoms with E-state index in [0.29, 0.717) is 17.7 Å². The Morgan fingerprint density at radius 1 is 1.28 bits per heavy atom. The first kappa shape index (κ1) is 29.6. The topological polar surface area (TPSA) is 223 Å². The van der Waals surface area contributed by atoms with Crippen molar-refractivity contribution in [3.05, 3.63) is 34.0 Å². The SMILES string of the molecule is Nc1nc(/C(=N/O)C(=O)N[C@@H]2C(=O)N3C(C(=O)O)=C(/C=C4\CC(C(O)C5CCCN5)N(C5CCNC5)C4=O)CS[C@H]23)cs1. The van der Waals surface area contributed by atoms with Crippen molar-refractivity contribution in [3.63, 3.8) is 0 Å². The van der Waals surface area contributed by atoms with Gasteiger partial charge in [0, 0.05) is 41.8 Å². The highest BCUT2D eigenvalue weighted by Gasteiger charge is 2.55. The second kappa shape index (κ2) is 11.9. The fraction of sp³-hybridized carbons (Fsp3) is 0.538. The minimum Gasteiger partial charge on any atom is -0.477 e. The minimum atomic E-state index is -1.33. The predicted octanol–water partition coefficient (Wildman–Crippen LogP) is -1.36. The molecular formula is C26H32N8O7S2. The van der Waals surface area contributed by atoms with Crippen molar-refractivity contribution in [1.29, 1.82) is 0 Å². The van der Waals surface area contributed by atoms with Crippen LogP contribution in [0.1, 0.15) is 31.4 Å². The zero-order valence-corrected chi connectivity index (χ0v) is 24.6. The predicted molar refractivity (Wildman–Crippen MR) is 156 cm³/mol. The number of aromatic nitrogens is 1. The standard InChI is InChI=1S/C26H32N8O7S2/c27-26-30-15(10-43-26)17(32-41)21(36)31-18-23(38)34-19(25(39)40)12(9-42-24(18)34)6-11-7-16(20(35)14-2-1-4-29-14)33(22(11)37)13-3-5-28-8-13/h6,10,13-14,16,18,20,24,28-29,35,41H,1-5,7-9H2,(H2,27,30)(H,31,36)(H,39,40)/b11-6+,32-17-/t13?,14?,16?,18-,20?,24-/m1/s1. The normalized spacial score (nSPS) is 31.0. The number of anilines is 1. The molecule has 0 radical (unpaired) electrons. The molecule has 15 nitrogen and oxygen atoms in total. The van der Waals surface area contributed by atoms with Gasteiger partial charge in [0.25, 0.3) is 17.7 Å². The highest BCUT2D eigenvalue weighted by Crippen LogP contribution is 2.42. The maximum atomic E-state index is 13.7. The van der Waals surface area contributed by atoms with Gasteiger partial charge in [-0.1, -0.05) is 5.16 Å². The number of hydrogen-bond acceptors (Lipinski definition) is 13. The molecule has 4 saturated heterocycles. The van der Waals surface area contributed by atoms with E-state index in [9.17, 15) is 34.6 Å². The Kier molecular flexibility index (Phi) is 8.16. The largest absolute Gasteiger partial charge is 0.477 e. The van der Waals surface area contributed by atoms with Gasteiger partial charge in [0.2, 0.25) is 0 Å². The van der Waals surface area contributed by atoms with Crippen LogP contribution in [0.2, 0.25) is 0 Å². The number of oxime groups is 1. The van der Waals surface area contributed by atoms with Gasteiger partial charge in [-0.2, -0.15) is 0 Å². The average Bonchev–Trinajstić information content (AvgIpc) is 3.81. The number of thioether (sulfide) groups is 1. The number of hydrogen-bond donors (Lipinski definition) is 7. The summed E-state index contributed by atoms with van der Waals surface area (Å²) < 4.78 is 0. The Morgan fingerprint density at radius 3 is 2.72 bits per heavy atom. The molecule has 4 unspecified atom stereocenters. The molecule has 8 N–H and O–H groups in total. The van der Waals surface area contributed by atoms with Gasteiger partial charge in [0.1, 0.15) is 22.8 Å². The zero-order chi connectivity index (χ0) is 30.4. The summed E-state index contributed by atoms with van der Waals surface area (Å²) in [6.45, 7) is 2.19. The van der Waals surface area contributed by atoms with Crippen molar-refractivity contribution in [2.75, 3.05) is 31.1 Å². The number of aliphatic hydroxyl groups is 1. The summed E-state index contributed by atoms with van der Waals surface area (Å²) in [5, 5.41) is 43.8. The average molecular weight is 633 g/mol. The van der Waals surface area contributed by atoms with Gasteiger partial charge in [-0.15, -0.1) is 23.1 Å². The number of nitrogen functional groups attached to an aromatic ring is 1. The van der Waals surface area contributed by atoms with Crippen LogP contribution in [0.15, 0.2) is 33.5 Å². The molecule has 5 aliphatic rings. The number of β-lactam (4-membered cyclic amide) rings is 1. The van der Waals surface area contributed by atoms with Gasteiger partial charge in [-0.25, -0.2) is 9.78 Å². The first-order valence-corrected chi connectivity index (χ1v) is 15.9. The van der Waals surface area contributed by atoms with E-state index in [2.05, 4.69) is 26.1 Å². The Balaban J connectivity index is 1.23. The van der Waals surface area contributed by atoms with Gasteiger partial charge >= 0.3 is 5.97 Å². The first-order valence-electron chi connectivity index (χ1n) is 14.0. The van der Waals surface area contributed by atoms with Crippen LogP contribution in [0, 0.1) is 0 Å². The molecule has 1 aromatic heterocycles. The lowest BCUT2D eigenvalue weighted by atomic mass is 9.96. The fourth-order valence-electron chi connectivity index (χ4n) is 6.50. The molecule has 3 amide bonds. The number of carboxylic acid groups (broad SMARTS) is 1. The number of thiazole rings is 1. The number of carbonyl (C=O) groups excluding carboxylic acids is 3. The van der Waals surface area contributed by atoms with Gasteiger partial charge in [-0.3, -0.25) is 19.3 Å². The highest BCUT2D eigenvalue weighted by molar-refractivity contribution is 8.00. The third-order valence-corrected chi connectivity index (χ3v) is 10.5. The molecule has 0 aliphatic carbocycles. The maximum absolute atomic E-state index is 13.7. The number of nitrogens with one attached hydrogen (secondary N) is 3. The third kappa shape index (κ3) is 5.28. The molecule has 230 valence electrons. The molecular weight excluding hydrogens is 600 g/mol. The fourth-order valence-corrected chi connectivity index (χ4v) is 8.35. The van der Waals surface area contributed by atoms with E-state index in [-0.39, 0.29) is 46.7 Å². The number of carboxylic acids is 1. The van der Waals surface area contributed by atoms with Crippen LogP contribution in [0.3, 0.4) is 0 Å². The van der Waals surface area contributed by atoms with Crippen molar-refractivity contribution >= 4 is 57.6 Å². The van der Waals surface area contributed by atoms with E-state index in [4.69, 9.17) is 5.73 Å². The Bertz CT molecular complexity index is 1430. The molecule has 6 atom stereocenters. The Morgan fingerprint density at radius 2 is 2.09 bits per heavy atom. The number of allylic oxidation sites excluding steroid dienone is 1. The van der Waals surface area contributed by atoms with Gasteiger partial charge < -0.3 is 42.0 Å². The number of aliphatic hydroxyl groups excluding tert-OH is 1. The van der Waals surface area contributed by atoms with Crippen LogP contribution in [0.25, 0.3) is 0 Å². The molecule has 6 heterocycles. The van der Waals surface area contributed by atoms with Crippen molar-refractivity contribution in [2.45, 2.75) is 61.3 Å². The second-order valence-corrected chi connectivity index (χ2v) is 13.0. The number of carbonyl (C=O) groups is 4. The quantitative estimate of drug-likeness (QED) is 0.0581. The lowest BCUT2D eigenvalue weighted by Gasteiger charge is -2.49. The van der Waals surface area contributed by atoms with Crippen LogP contribution in [0.5, 0.6) is 0 Å². The van der Waals surface area contributed by atoms with Gasteiger partial charge in [-0.05, 0) is 44.0 Å². The van der Waals surface area contributed by atoms with Crippen molar-refractivity contribution in [3.8, 4) is 0 Å². The number of aliphatic carboxylic acids is 1. The summed E-state index contributed by atoms with van der Waals surface area (Å²) >= 11 is 2.29. The van der Waals surface area contributed by atoms with Crippen molar-refractivity contribution < 1.29 is 34.6 Å². The lowest BCUT2D eigenvalue weighted by molar-refractivity contribution is -0.150. The summed E-state index contributed by atoms with van der Waals surface area (Å²) in [6, 6.07) is -1.71. The molecule has 0 aromatic carbocycles. The second-order valence-electron chi connectivity index (χ2n) is 11.1. The van der Waals surface area contributed by atoms with Crippen molar-refractivity contribution in [2.24, 2.45) is 5.16 Å². The van der Waals surface area contributed by atoms with Gasteiger partial charge in [0.05, 0.1) is 12.1 Å². The number of fused-ring (bicyclic) bond motifs is 1. The summed E-state index contributed by atoms with van der Waals surface area (Å²) in [6.07, 6.45) is 3.56. The summed E-state index contributed by atoms with van der Waals surface area (Å²) in [5.74, 6) is -2.91. The minimum absolute atomic E-state index is 0.0400. The number of nitrogens with zero attached hydrogens (tertiary/aromatic N) is 4. The summed E-state index contributed by atoms with van der Waals surface area (Å²) in [7, 11) is 0.